The molecule has 0 aromatic carbocycles. The number of primary amides is 1. The van der Waals surface area contributed by atoms with Crippen LogP contribution in [0.5, 0.6) is 0 Å². The molecule has 4 N–H and O–H groups in total. The number of nitrogens with two attached hydrogens (primary N) is 1. The number of anilines is 1. The minimum Gasteiger partial charge on any atom is -0.393 e. The predicted octanol–water partition coefficient (Wildman–Crippen LogP) is 0.541. The highest BCUT2D eigenvalue weighted by molar-refractivity contribution is 7.15. The SMILES string of the molecule is CCc1c(Cl)nc(C(N)=O)n1[C@@H]1CCN(c2nnc([C@H](O)CO)s2)C[C@@H]1OC. The van der Waals surface area contributed by atoms with Gasteiger partial charge in [-0.15, -0.1) is 10.2 Å². The molecule has 0 spiro atoms. The molecule has 0 aliphatic carbocycles. The quantitative estimate of drug-likeness (QED) is 0.578. The molecule has 1 saturated heterocycles. The van der Waals surface area contributed by atoms with Crippen LogP contribution in [0.15, 0.2) is 0 Å². The number of hydrogen-bond acceptors (Lipinski definition) is 9. The number of aromatic nitrogens is 4. The summed E-state index contributed by atoms with van der Waals surface area (Å²) in [5.41, 5.74) is 6.27. The lowest BCUT2D eigenvalue weighted by Crippen LogP contribution is -2.46. The normalized spacial score (nSPS) is 21.1. The van der Waals surface area contributed by atoms with Crippen LogP contribution in [0.1, 0.15) is 46.8 Å². The Kier molecular flexibility index (Phi) is 6.50. The number of imidazole rings is 1. The lowest BCUT2D eigenvalue weighted by molar-refractivity contribution is 0.0451. The van der Waals surface area contributed by atoms with E-state index < -0.39 is 18.6 Å². The molecule has 1 amide bonds. The number of aliphatic hydroxyl groups is 2. The summed E-state index contributed by atoms with van der Waals surface area (Å²) < 4.78 is 7.51. The summed E-state index contributed by atoms with van der Waals surface area (Å²) in [4.78, 5) is 18.0. The summed E-state index contributed by atoms with van der Waals surface area (Å²) in [5, 5.41) is 28.1. The number of ether oxygens (including phenoxy) is 1. The zero-order chi connectivity index (χ0) is 20.4. The molecule has 1 aliphatic heterocycles. The van der Waals surface area contributed by atoms with Crippen LogP contribution in [0, 0.1) is 0 Å². The molecule has 2 aromatic heterocycles. The van der Waals surface area contributed by atoms with Gasteiger partial charge < -0.3 is 30.2 Å². The van der Waals surface area contributed by atoms with Crippen LogP contribution >= 0.6 is 22.9 Å². The van der Waals surface area contributed by atoms with Crippen molar-refractivity contribution in [3.05, 3.63) is 21.7 Å². The van der Waals surface area contributed by atoms with Gasteiger partial charge in [0.2, 0.25) is 11.0 Å². The first-order valence-corrected chi connectivity index (χ1v) is 10.1. The number of hydrogen-bond donors (Lipinski definition) is 3. The third-order valence-electron chi connectivity index (χ3n) is 4.83. The zero-order valence-corrected chi connectivity index (χ0v) is 17.2. The minimum absolute atomic E-state index is 0.131. The molecule has 0 bridgehead atoms. The molecule has 28 heavy (non-hydrogen) atoms. The van der Waals surface area contributed by atoms with E-state index in [1.807, 2.05) is 11.8 Å². The maximum atomic E-state index is 11.9. The Balaban J connectivity index is 1.86. The smallest absolute Gasteiger partial charge is 0.284 e. The van der Waals surface area contributed by atoms with Crippen molar-refractivity contribution < 1.29 is 19.7 Å². The number of halogens is 1. The maximum Gasteiger partial charge on any atom is 0.284 e. The largest absolute Gasteiger partial charge is 0.393 e. The second kappa shape index (κ2) is 8.70. The van der Waals surface area contributed by atoms with Crippen molar-refractivity contribution in [2.75, 3.05) is 31.7 Å². The summed E-state index contributed by atoms with van der Waals surface area (Å²) in [7, 11) is 1.61. The Morgan fingerprint density at radius 3 is 2.86 bits per heavy atom. The average Bonchev–Trinajstić information content (AvgIpc) is 3.31. The number of rotatable bonds is 7. The topological polar surface area (TPSA) is 140 Å². The number of amides is 1. The third-order valence-corrected chi connectivity index (χ3v) is 6.22. The van der Waals surface area contributed by atoms with Gasteiger partial charge in [0, 0.05) is 20.2 Å². The molecular weight excluding hydrogens is 408 g/mol. The fraction of sp³-hybridized carbons (Fsp3) is 0.625. The summed E-state index contributed by atoms with van der Waals surface area (Å²) in [5.74, 6) is -0.503. The van der Waals surface area contributed by atoms with Crippen molar-refractivity contribution >= 4 is 34.0 Å². The van der Waals surface area contributed by atoms with Crippen LogP contribution in [0.4, 0.5) is 5.13 Å². The molecule has 0 saturated carbocycles. The molecule has 1 fully saturated rings. The van der Waals surface area contributed by atoms with E-state index in [0.29, 0.717) is 36.1 Å². The van der Waals surface area contributed by atoms with E-state index in [4.69, 9.17) is 27.2 Å². The molecular formula is C16H23ClN6O4S. The van der Waals surface area contributed by atoms with Crippen molar-refractivity contribution in [1.82, 2.24) is 19.7 Å². The molecule has 12 heteroatoms. The highest BCUT2D eigenvalue weighted by Gasteiger charge is 2.36. The molecule has 0 unspecified atom stereocenters. The molecule has 3 atom stereocenters. The number of carbonyl (C=O) groups excluding carboxylic acids is 1. The number of methoxy groups -OCH3 is 1. The van der Waals surface area contributed by atoms with Crippen LogP contribution in [0.2, 0.25) is 5.15 Å². The fourth-order valence-corrected chi connectivity index (χ4v) is 4.62. The molecule has 10 nitrogen and oxygen atoms in total. The van der Waals surface area contributed by atoms with Crippen LogP contribution in [-0.4, -0.2) is 68.8 Å². The molecule has 154 valence electrons. The van der Waals surface area contributed by atoms with Crippen LogP contribution in [0.3, 0.4) is 0 Å². The average molecular weight is 431 g/mol. The van der Waals surface area contributed by atoms with E-state index in [9.17, 15) is 9.90 Å². The monoisotopic (exact) mass is 430 g/mol. The molecule has 3 rings (SSSR count). The second-order valence-electron chi connectivity index (χ2n) is 6.46. The van der Waals surface area contributed by atoms with Gasteiger partial charge in [0.15, 0.2) is 5.15 Å². The maximum absolute atomic E-state index is 11.9. The van der Waals surface area contributed by atoms with Crippen LogP contribution in [-0.2, 0) is 11.2 Å². The number of aliphatic hydroxyl groups excluding tert-OH is 2. The number of carbonyl (C=O) groups is 1. The van der Waals surface area contributed by atoms with Crippen molar-refractivity contribution in [2.24, 2.45) is 5.73 Å². The highest BCUT2D eigenvalue weighted by Crippen LogP contribution is 2.34. The van der Waals surface area contributed by atoms with Crippen LogP contribution < -0.4 is 10.6 Å². The Labute approximate surface area is 170 Å². The van der Waals surface area contributed by atoms with Gasteiger partial charge in [0.05, 0.1) is 24.4 Å². The Hall–Kier alpha value is -1.79. The molecule has 2 aromatic rings. The van der Waals surface area contributed by atoms with Gasteiger partial charge in [-0.25, -0.2) is 4.98 Å². The molecule has 1 aliphatic rings. The number of nitrogens with zero attached hydrogens (tertiary/aromatic N) is 5. The predicted molar refractivity (Wildman–Crippen MR) is 104 cm³/mol. The Morgan fingerprint density at radius 2 is 2.25 bits per heavy atom. The van der Waals surface area contributed by atoms with Gasteiger partial charge in [0.25, 0.3) is 5.91 Å². The van der Waals surface area contributed by atoms with Crippen molar-refractivity contribution in [3.63, 3.8) is 0 Å². The lowest BCUT2D eigenvalue weighted by atomic mass is 10.0. The zero-order valence-electron chi connectivity index (χ0n) is 15.6. The first kappa shape index (κ1) is 20.9. The van der Waals surface area contributed by atoms with Gasteiger partial charge in [-0.3, -0.25) is 4.79 Å². The van der Waals surface area contributed by atoms with Gasteiger partial charge in [-0.1, -0.05) is 29.9 Å². The molecule has 3 heterocycles. The summed E-state index contributed by atoms with van der Waals surface area (Å²) >= 11 is 7.45. The van der Waals surface area contributed by atoms with E-state index in [1.54, 1.807) is 11.7 Å². The van der Waals surface area contributed by atoms with Crippen LogP contribution in [0.25, 0.3) is 0 Å². The van der Waals surface area contributed by atoms with E-state index in [1.165, 1.54) is 11.3 Å². The van der Waals surface area contributed by atoms with E-state index >= 15 is 0 Å². The first-order chi connectivity index (χ1) is 13.4. The van der Waals surface area contributed by atoms with Gasteiger partial charge >= 0.3 is 0 Å². The molecule has 0 radical (unpaired) electrons. The van der Waals surface area contributed by atoms with Gasteiger partial charge in [0.1, 0.15) is 11.1 Å². The standard InChI is InChI=1S/C16H23ClN6O4S/c1-3-8-12(17)19-14(13(18)26)23(8)9-4-5-22(6-11(9)27-2)16-21-20-15(28-16)10(25)7-24/h9-11,24-25H,3-7H2,1-2H3,(H2,18,26)/t9-,10-,11+/m1/s1. The van der Waals surface area contributed by atoms with Crippen molar-refractivity contribution in [2.45, 2.75) is 38.0 Å². The van der Waals surface area contributed by atoms with E-state index in [0.717, 1.165) is 5.69 Å². The minimum atomic E-state index is -1.04. The summed E-state index contributed by atoms with van der Waals surface area (Å²) in [6, 6.07) is -0.158. The first-order valence-electron chi connectivity index (χ1n) is 8.87. The fourth-order valence-electron chi connectivity index (χ4n) is 3.46. The number of piperidine rings is 1. The van der Waals surface area contributed by atoms with Crippen molar-refractivity contribution in [1.29, 1.82) is 0 Å². The summed E-state index contributed by atoms with van der Waals surface area (Å²) in [6.45, 7) is 2.67. The van der Waals surface area contributed by atoms with Gasteiger partial charge in [-0.2, -0.15) is 0 Å². The lowest BCUT2D eigenvalue weighted by Gasteiger charge is -2.39. The Bertz CT molecular complexity index is 843. The van der Waals surface area contributed by atoms with Crippen molar-refractivity contribution in [3.8, 4) is 0 Å². The highest BCUT2D eigenvalue weighted by atomic mass is 35.5. The second-order valence-corrected chi connectivity index (χ2v) is 7.80. The Morgan fingerprint density at radius 1 is 1.50 bits per heavy atom. The van der Waals surface area contributed by atoms with Gasteiger partial charge in [-0.05, 0) is 12.8 Å². The van der Waals surface area contributed by atoms with E-state index in [2.05, 4.69) is 15.2 Å². The third kappa shape index (κ3) is 3.85. The van der Waals surface area contributed by atoms with E-state index in [-0.39, 0.29) is 23.1 Å². The summed E-state index contributed by atoms with van der Waals surface area (Å²) in [6.07, 6.45) is -0.0531.